The Kier molecular flexibility index (Phi) is 8.08. The van der Waals surface area contributed by atoms with Gasteiger partial charge in [0.1, 0.15) is 5.78 Å². The van der Waals surface area contributed by atoms with E-state index in [0.29, 0.717) is 25.1 Å². The number of aliphatic hydroxyl groups is 1. The van der Waals surface area contributed by atoms with Gasteiger partial charge in [-0.15, -0.1) is 23.2 Å². The highest BCUT2D eigenvalue weighted by Gasteiger charge is 2.15. The van der Waals surface area contributed by atoms with Crippen LogP contribution in [0.3, 0.4) is 0 Å². The van der Waals surface area contributed by atoms with Crippen LogP contribution in [0.1, 0.15) is 39.5 Å². The molecule has 0 saturated heterocycles. The highest BCUT2D eigenvalue weighted by atomic mass is 35.5. The second kappa shape index (κ2) is 8.10. The number of hydrogen-bond donors (Lipinski definition) is 1. The fraction of sp³-hybridized carbons (Fsp3) is 0.750. The van der Waals surface area contributed by atoms with Gasteiger partial charge in [0.25, 0.3) is 0 Å². The molecule has 2 nitrogen and oxygen atoms in total. The Bertz CT molecular complexity index is 237. The van der Waals surface area contributed by atoms with E-state index in [9.17, 15) is 9.90 Å². The van der Waals surface area contributed by atoms with Gasteiger partial charge >= 0.3 is 0 Å². The predicted octanol–water partition coefficient (Wildman–Crippen LogP) is 3.29. The average molecular weight is 267 g/mol. The van der Waals surface area contributed by atoms with Gasteiger partial charge in [-0.1, -0.05) is 12.2 Å². The Morgan fingerprint density at radius 1 is 1.56 bits per heavy atom. The zero-order valence-electron chi connectivity index (χ0n) is 9.88. The Hall–Kier alpha value is -0.0500. The second-order valence-electron chi connectivity index (χ2n) is 4.27. The Balaban J connectivity index is 3.99. The molecule has 0 bridgehead atoms. The molecule has 0 heterocycles. The summed E-state index contributed by atoms with van der Waals surface area (Å²) in [5.41, 5.74) is -0.863. The lowest BCUT2D eigenvalue weighted by atomic mass is 9.99. The normalized spacial score (nSPS) is 17.3. The summed E-state index contributed by atoms with van der Waals surface area (Å²) in [5, 5.41) is 9.70. The van der Waals surface area contributed by atoms with Crippen molar-refractivity contribution in [3.63, 3.8) is 0 Å². The zero-order valence-corrected chi connectivity index (χ0v) is 11.4. The van der Waals surface area contributed by atoms with Crippen molar-refractivity contribution in [2.45, 2.75) is 50.5 Å². The summed E-state index contributed by atoms with van der Waals surface area (Å²) < 4.78 is 0. The van der Waals surface area contributed by atoms with Crippen LogP contribution in [0.4, 0.5) is 0 Å². The Morgan fingerprint density at radius 2 is 2.19 bits per heavy atom. The monoisotopic (exact) mass is 266 g/mol. The van der Waals surface area contributed by atoms with Crippen LogP contribution in [0.15, 0.2) is 12.2 Å². The van der Waals surface area contributed by atoms with Gasteiger partial charge in [0.15, 0.2) is 0 Å². The van der Waals surface area contributed by atoms with E-state index < -0.39 is 5.60 Å². The third-order valence-corrected chi connectivity index (χ3v) is 2.88. The van der Waals surface area contributed by atoms with E-state index in [1.165, 1.54) is 0 Å². The van der Waals surface area contributed by atoms with Crippen molar-refractivity contribution < 1.29 is 9.90 Å². The maximum atomic E-state index is 10.7. The number of ketones is 1. The molecule has 0 aliphatic carbocycles. The van der Waals surface area contributed by atoms with E-state index in [-0.39, 0.29) is 11.2 Å². The Labute approximate surface area is 108 Å². The predicted molar refractivity (Wildman–Crippen MR) is 69.3 cm³/mol. The van der Waals surface area contributed by atoms with Crippen LogP contribution in [-0.2, 0) is 4.79 Å². The molecular formula is C12H20Cl2O2. The lowest BCUT2D eigenvalue weighted by Crippen LogP contribution is -2.21. The fourth-order valence-electron chi connectivity index (χ4n) is 1.26. The largest absolute Gasteiger partial charge is 0.386 e. The number of rotatable bonds is 8. The van der Waals surface area contributed by atoms with Gasteiger partial charge in [-0.3, -0.25) is 0 Å². The summed E-state index contributed by atoms with van der Waals surface area (Å²) in [4.78, 5) is 10.7. The average Bonchev–Trinajstić information content (AvgIpc) is 2.21. The van der Waals surface area contributed by atoms with E-state index in [1.807, 2.05) is 0 Å². The molecule has 16 heavy (non-hydrogen) atoms. The third-order valence-electron chi connectivity index (χ3n) is 2.25. The standard InChI is InChI=1S/C12H20Cl2O2/c1-10(15)4-5-11(14)6-8-12(2,16)7-3-9-13/h6,8,11,16H,3-5,7,9H2,1-2H3. The highest BCUT2D eigenvalue weighted by molar-refractivity contribution is 6.21. The van der Waals surface area contributed by atoms with Crippen LogP contribution >= 0.6 is 23.2 Å². The minimum absolute atomic E-state index is 0.132. The molecule has 94 valence electrons. The van der Waals surface area contributed by atoms with Crippen LogP contribution in [0.5, 0.6) is 0 Å². The number of Topliss-reactive ketones (excluding diaryl/α,β-unsaturated/α-hetero) is 1. The van der Waals surface area contributed by atoms with Gasteiger partial charge in [0, 0.05) is 12.3 Å². The van der Waals surface area contributed by atoms with Gasteiger partial charge in [0.05, 0.1) is 11.0 Å². The molecule has 0 aromatic heterocycles. The zero-order chi connectivity index (χ0) is 12.6. The van der Waals surface area contributed by atoms with E-state index in [4.69, 9.17) is 23.2 Å². The van der Waals surface area contributed by atoms with Gasteiger partial charge < -0.3 is 9.90 Å². The second-order valence-corrected chi connectivity index (χ2v) is 5.20. The fourth-order valence-corrected chi connectivity index (χ4v) is 1.57. The van der Waals surface area contributed by atoms with Crippen molar-refractivity contribution in [3.05, 3.63) is 12.2 Å². The SMILES string of the molecule is CC(=O)CCC(Cl)C=CC(C)(O)CCCCl. The molecule has 0 amide bonds. The van der Waals surface area contributed by atoms with E-state index in [2.05, 4.69) is 0 Å². The molecular weight excluding hydrogens is 247 g/mol. The van der Waals surface area contributed by atoms with Gasteiger partial charge in [-0.25, -0.2) is 0 Å². The van der Waals surface area contributed by atoms with Crippen LogP contribution < -0.4 is 0 Å². The molecule has 2 unspecified atom stereocenters. The number of allylic oxidation sites excluding steroid dienone is 1. The summed E-state index contributed by atoms with van der Waals surface area (Å²) >= 11 is 11.5. The lowest BCUT2D eigenvalue weighted by molar-refractivity contribution is -0.117. The van der Waals surface area contributed by atoms with Crippen molar-refractivity contribution in [1.29, 1.82) is 0 Å². The van der Waals surface area contributed by atoms with Gasteiger partial charge in [-0.05, 0) is 33.1 Å². The molecule has 0 rings (SSSR count). The summed E-state index contributed by atoms with van der Waals surface area (Å²) in [7, 11) is 0. The maximum absolute atomic E-state index is 10.7. The van der Waals surface area contributed by atoms with Crippen molar-refractivity contribution in [2.75, 3.05) is 5.88 Å². The minimum atomic E-state index is -0.863. The smallest absolute Gasteiger partial charge is 0.129 e. The number of carbonyl (C=O) groups excluding carboxylic acids is 1. The molecule has 0 fully saturated rings. The quantitative estimate of drug-likeness (QED) is 0.541. The van der Waals surface area contributed by atoms with Gasteiger partial charge in [-0.2, -0.15) is 0 Å². The van der Waals surface area contributed by atoms with E-state index in [1.54, 1.807) is 26.0 Å². The first-order chi connectivity index (χ1) is 7.37. The molecule has 0 saturated carbocycles. The molecule has 0 spiro atoms. The van der Waals surface area contributed by atoms with E-state index in [0.717, 1.165) is 6.42 Å². The first-order valence-electron chi connectivity index (χ1n) is 5.48. The molecule has 1 N–H and O–H groups in total. The molecule has 0 aromatic carbocycles. The molecule has 4 heteroatoms. The maximum Gasteiger partial charge on any atom is 0.129 e. The summed E-state index contributed by atoms with van der Waals surface area (Å²) in [6, 6.07) is 0. The molecule has 0 aliphatic heterocycles. The molecule has 0 radical (unpaired) electrons. The van der Waals surface area contributed by atoms with Crippen molar-refractivity contribution in [1.82, 2.24) is 0 Å². The third kappa shape index (κ3) is 9.20. The summed E-state index contributed by atoms with van der Waals surface area (Å²) in [6.45, 7) is 3.27. The lowest BCUT2D eigenvalue weighted by Gasteiger charge is -2.18. The molecule has 0 aliphatic rings. The minimum Gasteiger partial charge on any atom is -0.386 e. The van der Waals surface area contributed by atoms with Crippen LogP contribution in [-0.4, -0.2) is 27.7 Å². The first-order valence-corrected chi connectivity index (χ1v) is 6.45. The highest BCUT2D eigenvalue weighted by Crippen LogP contribution is 2.17. The van der Waals surface area contributed by atoms with Crippen molar-refractivity contribution in [2.24, 2.45) is 0 Å². The summed E-state index contributed by atoms with van der Waals surface area (Å²) in [5.74, 6) is 0.673. The van der Waals surface area contributed by atoms with Crippen LogP contribution in [0, 0.1) is 0 Å². The number of alkyl halides is 2. The molecule has 2 atom stereocenters. The van der Waals surface area contributed by atoms with Crippen molar-refractivity contribution in [3.8, 4) is 0 Å². The van der Waals surface area contributed by atoms with E-state index >= 15 is 0 Å². The van der Waals surface area contributed by atoms with Gasteiger partial charge in [0.2, 0.25) is 0 Å². The molecule has 0 aromatic rings. The number of hydrogen-bond acceptors (Lipinski definition) is 2. The topological polar surface area (TPSA) is 37.3 Å². The first kappa shape index (κ1) is 16.0. The Morgan fingerprint density at radius 3 is 2.69 bits per heavy atom. The van der Waals surface area contributed by atoms with Crippen LogP contribution in [0.25, 0.3) is 0 Å². The van der Waals surface area contributed by atoms with Crippen molar-refractivity contribution >= 4 is 29.0 Å². The number of carbonyl (C=O) groups is 1. The van der Waals surface area contributed by atoms with Crippen LogP contribution in [0.2, 0.25) is 0 Å². The summed E-state index contributed by atoms with van der Waals surface area (Å²) in [6.07, 6.45) is 5.90. The number of halogens is 2.